The van der Waals surface area contributed by atoms with Crippen LogP contribution < -0.4 is 19.6 Å². The number of fused-ring (bicyclic) bond motifs is 5. The van der Waals surface area contributed by atoms with E-state index in [0.717, 1.165) is 5.56 Å². The molecular weight excluding hydrogens is 376 g/mol. The molecular formula is C22H20O7. The minimum absolute atomic E-state index is 0.141. The second-order valence-electron chi connectivity index (χ2n) is 7.87. The van der Waals surface area contributed by atoms with Gasteiger partial charge in [0.2, 0.25) is 12.2 Å². The van der Waals surface area contributed by atoms with E-state index in [1.165, 1.54) is 0 Å². The highest BCUT2D eigenvalue weighted by Crippen LogP contribution is 2.40. The number of benzene rings is 2. The van der Waals surface area contributed by atoms with E-state index < -0.39 is 5.60 Å². The molecule has 1 aliphatic heterocycles. The average molecular weight is 396 g/mol. The van der Waals surface area contributed by atoms with Gasteiger partial charge in [-0.05, 0) is 44.4 Å². The fraction of sp³-hybridized carbons (Fsp3) is 0.318. The Morgan fingerprint density at radius 2 is 1.72 bits per heavy atom. The Morgan fingerprint density at radius 3 is 2.41 bits per heavy atom. The topological polar surface area (TPSA) is 91.3 Å². The SMILES string of the molecule is COc1cc2oc3oc4cc5c(cc4c3c(=O)c2cc1CCC(C)(C)O)OCO5. The van der Waals surface area contributed by atoms with E-state index in [0.29, 0.717) is 57.4 Å². The molecule has 7 heteroatoms. The van der Waals surface area contributed by atoms with Crippen molar-refractivity contribution in [2.75, 3.05) is 13.9 Å². The van der Waals surface area contributed by atoms with E-state index >= 15 is 0 Å². The van der Waals surface area contributed by atoms with Crippen molar-refractivity contribution in [1.82, 2.24) is 0 Å². The minimum atomic E-state index is -0.822. The lowest BCUT2D eigenvalue weighted by atomic mass is 9.97. The second-order valence-corrected chi connectivity index (χ2v) is 7.87. The van der Waals surface area contributed by atoms with Gasteiger partial charge in [-0.3, -0.25) is 4.79 Å². The summed E-state index contributed by atoms with van der Waals surface area (Å²) >= 11 is 0. The number of furan rings is 1. The van der Waals surface area contributed by atoms with Crippen LogP contribution in [0.5, 0.6) is 17.2 Å². The molecule has 2 aromatic heterocycles. The van der Waals surface area contributed by atoms with Gasteiger partial charge in [-0.15, -0.1) is 0 Å². The quantitative estimate of drug-likeness (QED) is 0.554. The van der Waals surface area contributed by atoms with Crippen molar-refractivity contribution < 1.29 is 28.2 Å². The summed E-state index contributed by atoms with van der Waals surface area (Å²) in [5, 5.41) is 11.5. The molecule has 3 heterocycles. The summed E-state index contributed by atoms with van der Waals surface area (Å²) in [4.78, 5) is 13.3. The van der Waals surface area contributed by atoms with Crippen molar-refractivity contribution in [3.8, 4) is 17.2 Å². The molecule has 0 bridgehead atoms. The molecule has 7 nitrogen and oxygen atoms in total. The van der Waals surface area contributed by atoms with Crippen molar-refractivity contribution in [2.24, 2.45) is 0 Å². The average Bonchev–Trinajstić information content (AvgIpc) is 3.26. The van der Waals surface area contributed by atoms with Crippen molar-refractivity contribution in [1.29, 1.82) is 0 Å². The molecule has 0 atom stereocenters. The molecule has 0 amide bonds. The van der Waals surface area contributed by atoms with Crippen LogP contribution >= 0.6 is 0 Å². The second kappa shape index (κ2) is 6.15. The molecule has 4 aromatic rings. The zero-order valence-electron chi connectivity index (χ0n) is 16.3. The highest BCUT2D eigenvalue weighted by atomic mass is 16.7. The molecule has 5 rings (SSSR count). The lowest BCUT2D eigenvalue weighted by Gasteiger charge is -2.18. The normalized spacial score (nSPS) is 13.7. The van der Waals surface area contributed by atoms with Crippen molar-refractivity contribution >= 4 is 33.1 Å². The largest absolute Gasteiger partial charge is 0.496 e. The van der Waals surface area contributed by atoms with Gasteiger partial charge in [0.1, 0.15) is 22.3 Å². The smallest absolute Gasteiger partial charge is 0.302 e. The van der Waals surface area contributed by atoms with Gasteiger partial charge in [0.15, 0.2) is 11.5 Å². The van der Waals surface area contributed by atoms with Crippen LogP contribution in [0.1, 0.15) is 25.8 Å². The number of rotatable bonds is 4. The van der Waals surface area contributed by atoms with E-state index in [2.05, 4.69) is 0 Å². The Hall–Kier alpha value is -3.19. The predicted molar refractivity (Wildman–Crippen MR) is 107 cm³/mol. The van der Waals surface area contributed by atoms with Crippen LogP contribution in [0, 0.1) is 0 Å². The summed E-state index contributed by atoms with van der Waals surface area (Å²) in [6.45, 7) is 3.64. The van der Waals surface area contributed by atoms with Gasteiger partial charge in [0.25, 0.3) is 0 Å². The molecule has 29 heavy (non-hydrogen) atoms. The molecule has 0 unspecified atom stereocenters. The Kier molecular flexibility index (Phi) is 3.79. The maximum atomic E-state index is 13.3. The fourth-order valence-electron chi connectivity index (χ4n) is 3.68. The number of aliphatic hydroxyl groups is 1. The summed E-state index contributed by atoms with van der Waals surface area (Å²) in [7, 11) is 1.56. The molecule has 0 fully saturated rings. The maximum absolute atomic E-state index is 13.3. The number of hydrogen-bond donors (Lipinski definition) is 1. The van der Waals surface area contributed by atoms with E-state index in [-0.39, 0.29) is 18.0 Å². The van der Waals surface area contributed by atoms with Gasteiger partial charge >= 0.3 is 5.78 Å². The Labute approximate surface area is 165 Å². The van der Waals surface area contributed by atoms with Crippen molar-refractivity contribution in [2.45, 2.75) is 32.3 Å². The van der Waals surface area contributed by atoms with Crippen LogP contribution in [0.25, 0.3) is 33.1 Å². The van der Waals surface area contributed by atoms with E-state index in [1.54, 1.807) is 45.2 Å². The number of aryl methyl sites for hydroxylation is 1. The summed E-state index contributed by atoms with van der Waals surface area (Å²) in [5.74, 6) is 1.89. The molecule has 1 aliphatic rings. The third kappa shape index (κ3) is 2.89. The Balaban J connectivity index is 1.75. The van der Waals surface area contributed by atoms with Crippen LogP contribution in [0.4, 0.5) is 0 Å². The fourth-order valence-corrected chi connectivity index (χ4v) is 3.68. The molecule has 0 radical (unpaired) electrons. The van der Waals surface area contributed by atoms with E-state index in [4.69, 9.17) is 23.0 Å². The first-order valence-corrected chi connectivity index (χ1v) is 9.36. The van der Waals surface area contributed by atoms with Crippen LogP contribution in [0.2, 0.25) is 0 Å². The lowest BCUT2D eigenvalue weighted by molar-refractivity contribution is 0.0712. The van der Waals surface area contributed by atoms with Gasteiger partial charge < -0.3 is 28.2 Å². The molecule has 0 aliphatic carbocycles. The summed E-state index contributed by atoms with van der Waals surface area (Å²) < 4.78 is 28.0. The third-order valence-corrected chi connectivity index (χ3v) is 5.21. The van der Waals surface area contributed by atoms with E-state index in [1.807, 2.05) is 0 Å². The standard InChI is InChI=1S/C22H20O7/c1-22(2,24)5-4-11-6-13-16(8-14(11)25-3)29-21-19(20(13)23)12-7-17-18(27-10-26-17)9-15(12)28-21/h6-9,24H,4-5,10H2,1-3H3. The molecule has 2 aromatic carbocycles. The zero-order chi connectivity index (χ0) is 20.3. The van der Waals surface area contributed by atoms with Gasteiger partial charge in [-0.2, -0.15) is 0 Å². The molecule has 150 valence electrons. The molecule has 0 spiro atoms. The van der Waals surface area contributed by atoms with Crippen molar-refractivity contribution in [3.05, 3.63) is 40.1 Å². The third-order valence-electron chi connectivity index (χ3n) is 5.21. The minimum Gasteiger partial charge on any atom is -0.496 e. The highest BCUT2D eigenvalue weighted by Gasteiger charge is 2.23. The van der Waals surface area contributed by atoms with Crippen LogP contribution in [0.15, 0.2) is 37.9 Å². The highest BCUT2D eigenvalue weighted by molar-refractivity contribution is 6.07. The van der Waals surface area contributed by atoms with Gasteiger partial charge in [-0.25, -0.2) is 0 Å². The first-order valence-electron chi connectivity index (χ1n) is 9.36. The maximum Gasteiger partial charge on any atom is 0.302 e. The Bertz CT molecular complexity index is 1320. The Morgan fingerprint density at radius 1 is 1.03 bits per heavy atom. The van der Waals surface area contributed by atoms with Crippen LogP contribution in [0.3, 0.4) is 0 Å². The summed E-state index contributed by atoms with van der Waals surface area (Å²) in [6.07, 6.45) is 1.09. The zero-order valence-corrected chi connectivity index (χ0v) is 16.3. The van der Waals surface area contributed by atoms with Gasteiger partial charge in [-0.1, -0.05) is 0 Å². The van der Waals surface area contributed by atoms with Gasteiger partial charge in [0, 0.05) is 17.5 Å². The van der Waals surface area contributed by atoms with Crippen LogP contribution in [-0.4, -0.2) is 24.6 Å². The molecule has 0 saturated heterocycles. The van der Waals surface area contributed by atoms with Gasteiger partial charge in [0.05, 0.1) is 18.1 Å². The number of hydrogen-bond acceptors (Lipinski definition) is 7. The first-order chi connectivity index (χ1) is 13.8. The molecule has 1 N–H and O–H groups in total. The number of ether oxygens (including phenoxy) is 3. The summed E-state index contributed by atoms with van der Waals surface area (Å²) in [5.41, 5.74) is 0.697. The lowest BCUT2D eigenvalue weighted by Crippen LogP contribution is -2.19. The molecule has 0 saturated carbocycles. The predicted octanol–water partition coefficient (Wildman–Crippen LogP) is 4.13. The first kappa shape index (κ1) is 17.9. The van der Waals surface area contributed by atoms with Crippen LogP contribution in [-0.2, 0) is 6.42 Å². The monoisotopic (exact) mass is 396 g/mol. The van der Waals surface area contributed by atoms with E-state index in [9.17, 15) is 9.90 Å². The summed E-state index contributed by atoms with van der Waals surface area (Å²) in [6, 6.07) is 6.91. The van der Waals surface area contributed by atoms with Crippen molar-refractivity contribution in [3.63, 3.8) is 0 Å². The number of methoxy groups -OCH3 is 1.